The number of carbonyl (C=O) groups excluding carboxylic acids is 1. The molecule has 0 aliphatic heterocycles. The first-order valence-corrected chi connectivity index (χ1v) is 7.43. The quantitative estimate of drug-likeness (QED) is 0.301. The summed E-state index contributed by atoms with van der Waals surface area (Å²) in [6.07, 6.45) is -12.2. The molecule has 0 atom stereocenters. The molecule has 18 heteroatoms. The lowest BCUT2D eigenvalue weighted by molar-refractivity contribution is -0.461. The van der Waals surface area contributed by atoms with Gasteiger partial charge in [0, 0.05) is 6.42 Å². The summed E-state index contributed by atoms with van der Waals surface area (Å²) in [5.41, 5.74) is 0. The van der Waals surface area contributed by atoms with E-state index in [1.165, 1.54) is 0 Å². The number of rotatable bonds is 10. The topological polar surface area (TPSA) is 17.1 Å². The average molecular weight is 504 g/mol. The summed E-state index contributed by atoms with van der Waals surface area (Å²) < 4.78 is 220. The minimum Gasteiger partial charge on any atom is -0.299 e. The third-order valence-electron chi connectivity index (χ3n) is 3.74. The highest BCUT2D eigenvalue weighted by Crippen LogP contribution is 2.64. The van der Waals surface area contributed by atoms with Crippen molar-refractivity contribution in [1.29, 1.82) is 0 Å². The van der Waals surface area contributed by atoms with Gasteiger partial charge in [0.2, 0.25) is 0 Å². The molecule has 0 heterocycles. The standard InChI is InChI=1S/C13H9F17O/c1-2-3-5(31)4-6(14,15)7(16,17)8(18,19)9(20,21)10(22,23)11(24,25)12(26,27)13(28,29)30/h2-4H2,1H3. The maximum atomic E-state index is 13.4. The molecule has 0 saturated heterocycles. The Kier molecular flexibility index (Phi) is 7.43. The van der Waals surface area contributed by atoms with Crippen LogP contribution in [0.5, 0.6) is 0 Å². The van der Waals surface area contributed by atoms with Crippen LogP contribution >= 0.6 is 0 Å². The van der Waals surface area contributed by atoms with Crippen LogP contribution < -0.4 is 0 Å². The van der Waals surface area contributed by atoms with Crippen LogP contribution in [0.25, 0.3) is 0 Å². The van der Waals surface area contributed by atoms with Crippen LogP contribution in [0.1, 0.15) is 26.2 Å². The smallest absolute Gasteiger partial charge is 0.299 e. The highest BCUT2D eigenvalue weighted by molar-refractivity contribution is 5.79. The molecule has 0 fully saturated rings. The van der Waals surface area contributed by atoms with Crippen molar-refractivity contribution in [2.45, 2.75) is 73.8 Å². The van der Waals surface area contributed by atoms with Gasteiger partial charge in [-0.05, 0) is 6.42 Å². The van der Waals surface area contributed by atoms with Crippen LogP contribution in [0.2, 0.25) is 0 Å². The van der Waals surface area contributed by atoms with Crippen LogP contribution in [-0.2, 0) is 4.79 Å². The minimum atomic E-state index is -8.66. The lowest BCUT2D eigenvalue weighted by Crippen LogP contribution is -2.74. The molecule has 0 rings (SSSR count). The Labute approximate surface area is 160 Å². The third kappa shape index (κ3) is 4.14. The largest absolute Gasteiger partial charge is 0.460 e. The molecular formula is C13H9F17O. The maximum Gasteiger partial charge on any atom is 0.460 e. The average Bonchev–Trinajstić information content (AvgIpc) is 2.52. The molecule has 0 aromatic carbocycles. The highest BCUT2D eigenvalue weighted by Gasteiger charge is 2.95. The molecule has 0 aliphatic carbocycles. The second-order valence-electron chi connectivity index (χ2n) is 6.11. The first-order chi connectivity index (χ1) is 13.2. The molecule has 0 unspecified atom stereocenters. The fourth-order valence-electron chi connectivity index (χ4n) is 1.92. The summed E-state index contributed by atoms with van der Waals surface area (Å²) in [6.45, 7) is 1.06. The van der Waals surface area contributed by atoms with Crippen LogP contribution in [0.4, 0.5) is 74.6 Å². The predicted molar refractivity (Wildman–Crippen MR) is 65.2 cm³/mol. The van der Waals surface area contributed by atoms with Crippen LogP contribution in [0.15, 0.2) is 0 Å². The minimum absolute atomic E-state index is 0.385. The summed E-state index contributed by atoms with van der Waals surface area (Å²) >= 11 is 0. The highest BCUT2D eigenvalue weighted by atomic mass is 19.4. The van der Waals surface area contributed by atoms with Gasteiger partial charge in [-0.25, -0.2) is 0 Å². The predicted octanol–water partition coefficient (Wildman–Crippen LogP) is 6.76. The Hall–Kier alpha value is -1.52. The van der Waals surface area contributed by atoms with E-state index in [9.17, 15) is 79.4 Å². The second kappa shape index (κ2) is 7.81. The molecule has 0 saturated carbocycles. The Balaban J connectivity index is 6.59. The summed E-state index contributed by atoms with van der Waals surface area (Å²) in [4.78, 5) is 10.9. The van der Waals surface area contributed by atoms with Gasteiger partial charge in [-0.15, -0.1) is 0 Å². The molecule has 0 aromatic rings. The number of halogens is 17. The zero-order valence-corrected chi connectivity index (χ0v) is 14.5. The van der Waals surface area contributed by atoms with Crippen LogP contribution in [0, 0.1) is 0 Å². The maximum absolute atomic E-state index is 13.4. The van der Waals surface area contributed by atoms with Crippen LogP contribution in [0.3, 0.4) is 0 Å². The Morgan fingerprint density at radius 2 is 0.806 bits per heavy atom. The molecule has 0 spiro atoms. The van der Waals surface area contributed by atoms with Gasteiger partial charge in [0.05, 0.1) is 6.42 Å². The van der Waals surface area contributed by atoms with Crippen LogP contribution in [-0.4, -0.2) is 53.4 Å². The van der Waals surface area contributed by atoms with E-state index in [-0.39, 0.29) is 6.42 Å². The molecule has 0 bridgehead atoms. The molecule has 0 aromatic heterocycles. The third-order valence-corrected chi connectivity index (χ3v) is 3.74. The van der Waals surface area contributed by atoms with E-state index < -0.39 is 66.3 Å². The van der Waals surface area contributed by atoms with Gasteiger partial charge in [0.25, 0.3) is 0 Å². The molecule has 0 amide bonds. The molecular weight excluding hydrogens is 495 g/mol. The Bertz CT molecular complexity index is 659. The first kappa shape index (κ1) is 29.5. The van der Waals surface area contributed by atoms with Crippen molar-refractivity contribution in [3.8, 4) is 0 Å². The van der Waals surface area contributed by atoms with Crippen molar-refractivity contribution in [2.75, 3.05) is 0 Å². The SMILES string of the molecule is CCCC(=O)CC(F)(F)C(F)(F)C(F)(F)C(F)(F)C(F)(F)C(F)(F)C(F)(F)C(F)(F)F. The van der Waals surface area contributed by atoms with E-state index in [1.54, 1.807) is 0 Å². The number of ketones is 1. The van der Waals surface area contributed by atoms with E-state index in [0.29, 0.717) is 0 Å². The number of Topliss-reactive ketones (excluding diaryl/α,β-unsaturated/α-hetero) is 1. The van der Waals surface area contributed by atoms with Gasteiger partial charge < -0.3 is 0 Å². The summed E-state index contributed by atoms with van der Waals surface area (Å²) in [5.74, 6) is -58.8. The molecule has 0 radical (unpaired) electrons. The fourth-order valence-corrected chi connectivity index (χ4v) is 1.92. The summed E-state index contributed by atoms with van der Waals surface area (Å²) in [5, 5.41) is 0. The number of hydrogen-bond donors (Lipinski definition) is 0. The molecule has 0 aliphatic rings. The summed E-state index contributed by atoms with van der Waals surface area (Å²) in [7, 11) is 0. The molecule has 1 nitrogen and oxygen atoms in total. The number of alkyl halides is 17. The van der Waals surface area contributed by atoms with Crippen molar-refractivity contribution < 1.29 is 79.4 Å². The Morgan fingerprint density at radius 1 is 0.516 bits per heavy atom. The normalized spacial score (nSPS) is 15.9. The van der Waals surface area contributed by atoms with Gasteiger partial charge in [0.1, 0.15) is 5.78 Å². The fraction of sp³-hybridized carbons (Fsp3) is 0.923. The van der Waals surface area contributed by atoms with Crippen molar-refractivity contribution in [2.24, 2.45) is 0 Å². The molecule has 31 heavy (non-hydrogen) atoms. The van der Waals surface area contributed by atoms with E-state index in [0.717, 1.165) is 6.92 Å². The number of carbonyl (C=O) groups is 1. The van der Waals surface area contributed by atoms with E-state index in [2.05, 4.69) is 0 Å². The molecule has 186 valence electrons. The van der Waals surface area contributed by atoms with Crippen molar-refractivity contribution in [3.63, 3.8) is 0 Å². The zero-order chi connectivity index (χ0) is 25.7. The second-order valence-corrected chi connectivity index (χ2v) is 6.11. The zero-order valence-electron chi connectivity index (χ0n) is 14.5. The monoisotopic (exact) mass is 504 g/mol. The van der Waals surface area contributed by atoms with Gasteiger partial charge in [-0.3, -0.25) is 4.79 Å². The van der Waals surface area contributed by atoms with E-state index >= 15 is 0 Å². The first-order valence-electron chi connectivity index (χ1n) is 7.43. The van der Waals surface area contributed by atoms with E-state index in [4.69, 9.17) is 0 Å². The van der Waals surface area contributed by atoms with Crippen molar-refractivity contribution >= 4 is 5.78 Å². The Morgan fingerprint density at radius 3 is 1.10 bits per heavy atom. The van der Waals surface area contributed by atoms with Gasteiger partial charge in [-0.2, -0.15) is 74.6 Å². The lowest BCUT2D eigenvalue weighted by atomic mass is 9.87. The van der Waals surface area contributed by atoms with Crippen molar-refractivity contribution in [1.82, 2.24) is 0 Å². The summed E-state index contributed by atoms with van der Waals surface area (Å²) in [6, 6.07) is 0. The lowest BCUT2D eigenvalue weighted by Gasteiger charge is -2.42. The van der Waals surface area contributed by atoms with Gasteiger partial charge >= 0.3 is 47.6 Å². The van der Waals surface area contributed by atoms with Gasteiger partial charge in [0.15, 0.2) is 0 Å². The van der Waals surface area contributed by atoms with E-state index in [1.807, 2.05) is 0 Å². The number of hydrogen-bond acceptors (Lipinski definition) is 1. The van der Waals surface area contributed by atoms with Gasteiger partial charge in [-0.1, -0.05) is 6.92 Å². The molecule has 0 N–H and O–H groups in total. The van der Waals surface area contributed by atoms with Crippen molar-refractivity contribution in [3.05, 3.63) is 0 Å².